The molecule has 2 rings (SSSR count). The van der Waals surface area contributed by atoms with E-state index in [1.54, 1.807) is 12.4 Å². The molecule has 0 fully saturated rings. The third-order valence-electron chi connectivity index (χ3n) is 2.07. The van der Waals surface area contributed by atoms with Crippen molar-refractivity contribution in [3.8, 4) is 0 Å². The molecular formula is C10H14N6. The highest BCUT2D eigenvalue weighted by molar-refractivity contribution is 5.40. The van der Waals surface area contributed by atoms with Crippen LogP contribution in [0.25, 0.3) is 0 Å². The van der Waals surface area contributed by atoms with Gasteiger partial charge in [0, 0.05) is 38.6 Å². The lowest BCUT2D eigenvalue weighted by Gasteiger charge is -2.11. The topological polar surface area (TPSA) is 69.7 Å². The first-order valence-corrected chi connectivity index (χ1v) is 4.97. The van der Waals surface area contributed by atoms with E-state index in [9.17, 15) is 0 Å². The molecule has 6 nitrogen and oxygen atoms in total. The molecule has 2 heterocycles. The van der Waals surface area contributed by atoms with Crippen LogP contribution in [0, 0.1) is 0 Å². The minimum Gasteiger partial charge on any atom is -0.366 e. The van der Waals surface area contributed by atoms with E-state index in [0.29, 0.717) is 12.5 Å². The summed E-state index contributed by atoms with van der Waals surface area (Å²) in [5.41, 5.74) is 1.09. The summed E-state index contributed by atoms with van der Waals surface area (Å²) in [4.78, 5) is 10.3. The van der Waals surface area contributed by atoms with Crippen molar-refractivity contribution in [1.82, 2.24) is 20.2 Å². The summed E-state index contributed by atoms with van der Waals surface area (Å²) in [7, 11) is 3.82. The fourth-order valence-corrected chi connectivity index (χ4v) is 1.23. The van der Waals surface area contributed by atoms with Crippen LogP contribution in [0.2, 0.25) is 0 Å². The summed E-state index contributed by atoms with van der Waals surface area (Å²) in [5.74, 6) is 1.50. The van der Waals surface area contributed by atoms with Gasteiger partial charge in [0.15, 0.2) is 0 Å². The van der Waals surface area contributed by atoms with Crippen molar-refractivity contribution in [1.29, 1.82) is 0 Å². The molecule has 0 bridgehead atoms. The summed E-state index contributed by atoms with van der Waals surface area (Å²) in [6.45, 7) is 0.695. The molecule has 0 unspecified atom stereocenters. The van der Waals surface area contributed by atoms with Crippen molar-refractivity contribution in [3.05, 3.63) is 30.2 Å². The van der Waals surface area contributed by atoms with Crippen LogP contribution in [0.3, 0.4) is 0 Å². The highest BCUT2D eigenvalue weighted by Crippen LogP contribution is 2.08. The molecule has 0 amide bonds. The Hall–Kier alpha value is -2.11. The SMILES string of the molecule is CN(C)c1nccc(NCc2cn[nH]c2)n1. The minimum atomic E-state index is 0.692. The van der Waals surface area contributed by atoms with Gasteiger partial charge in [0.2, 0.25) is 5.95 Å². The fourth-order valence-electron chi connectivity index (χ4n) is 1.23. The largest absolute Gasteiger partial charge is 0.366 e. The molecule has 84 valence electrons. The van der Waals surface area contributed by atoms with Gasteiger partial charge in [-0.15, -0.1) is 0 Å². The van der Waals surface area contributed by atoms with E-state index in [4.69, 9.17) is 0 Å². The van der Waals surface area contributed by atoms with Crippen LogP contribution in [-0.2, 0) is 6.54 Å². The third kappa shape index (κ3) is 2.47. The lowest BCUT2D eigenvalue weighted by atomic mass is 10.3. The average Bonchev–Trinajstić information content (AvgIpc) is 2.79. The van der Waals surface area contributed by atoms with E-state index < -0.39 is 0 Å². The second-order valence-corrected chi connectivity index (χ2v) is 3.60. The van der Waals surface area contributed by atoms with E-state index in [1.165, 1.54) is 0 Å². The summed E-state index contributed by atoms with van der Waals surface area (Å²) in [6.07, 6.45) is 5.36. The molecule has 0 aliphatic rings. The highest BCUT2D eigenvalue weighted by Gasteiger charge is 2.00. The smallest absolute Gasteiger partial charge is 0.226 e. The van der Waals surface area contributed by atoms with Gasteiger partial charge in [-0.3, -0.25) is 5.10 Å². The number of rotatable bonds is 4. The van der Waals surface area contributed by atoms with Gasteiger partial charge in [0.25, 0.3) is 0 Å². The zero-order valence-corrected chi connectivity index (χ0v) is 9.31. The Labute approximate surface area is 93.7 Å². The van der Waals surface area contributed by atoms with Crippen molar-refractivity contribution in [3.63, 3.8) is 0 Å². The van der Waals surface area contributed by atoms with Gasteiger partial charge < -0.3 is 10.2 Å². The number of nitrogens with one attached hydrogen (secondary N) is 2. The molecule has 6 heteroatoms. The van der Waals surface area contributed by atoms with Gasteiger partial charge in [0.1, 0.15) is 5.82 Å². The van der Waals surface area contributed by atoms with Crippen molar-refractivity contribution < 1.29 is 0 Å². The molecule has 2 N–H and O–H groups in total. The van der Waals surface area contributed by atoms with Crippen LogP contribution < -0.4 is 10.2 Å². The third-order valence-corrected chi connectivity index (χ3v) is 2.07. The zero-order valence-electron chi connectivity index (χ0n) is 9.31. The molecule has 2 aromatic heterocycles. The molecule has 0 radical (unpaired) electrons. The standard InChI is InChI=1S/C10H14N6/c1-16(2)10-11-4-3-9(15-10)12-5-8-6-13-14-7-8/h3-4,6-7H,5H2,1-2H3,(H,13,14)(H,11,12,15). The monoisotopic (exact) mass is 218 g/mol. The number of aromatic amines is 1. The fraction of sp³-hybridized carbons (Fsp3) is 0.300. The summed E-state index contributed by atoms with van der Waals surface area (Å²) >= 11 is 0. The molecule has 0 saturated carbocycles. The van der Waals surface area contributed by atoms with E-state index in [0.717, 1.165) is 11.4 Å². The Morgan fingerprint density at radius 1 is 1.44 bits per heavy atom. The van der Waals surface area contributed by atoms with Crippen LogP contribution in [0.15, 0.2) is 24.7 Å². The second-order valence-electron chi connectivity index (χ2n) is 3.60. The van der Waals surface area contributed by atoms with Gasteiger partial charge in [-0.1, -0.05) is 0 Å². The number of H-pyrrole nitrogens is 1. The lowest BCUT2D eigenvalue weighted by Crippen LogP contribution is -2.13. The quantitative estimate of drug-likeness (QED) is 0.797. The van der Waals surface area contributed by atoms with Crippen LogP contribution in [0.1, 0.15) is 5.56 Å². The van der Waals surface area contributed by atoms with Crippen LogP contribution in [0.4, 0.5) is 11.8 Å². The Kier molecular flexibility index (Phi) is 3.00. The number of anilines is 2. The van der Waals surface area contributed by atoms with Crippen LogP contribution in [-0.4, -0.2) is 34.3 Å². The first-order valence-electron chi connectivity index (χ1n) is 4.97. The van der Waals surface area contributed by atoms with E-state index in [1.807, 2.05) is 31.3 Å². The maximum atomic E-state index is 4.34. The van der Waals surface area contributed by atoms with Gasteiger partial charge in [-0.2, -0.15) is 10.1 Å². The molecule has 0 aliphatic heterocycles. The molecule has 0 aromatic carbocycles. The van der Waals surface area contributed by atoms with Crippen molar-refractivity contribution in [2.24, 2.45) is 0 Å². The average molecular weight is 218 g/mol. The summed E-state index contributed by atoms with van der Waals surface area (Å²) in [6, 6.07) is 1.84. The number of hydrogen-bond donors (Lipinski definition) is 2. The Morgan fingerprint density at radius 2 is 2.31 bits per heavy atom. The Balaban J connectivity index is 2.01. The number of nitrogens with zero attached hydrogens (tertiary/aromatic N) is 4. The number of hydrogen-bond acceptors (Lipinski definition) is 5. The highest BCUT2D eigenvalue weighted by atomic mass is 15.2. The molecule has 0 spiro atoms. The van der Waals surface area contributed by atoms with Gasteiger partial charge >= 0.3 is 0 Å². The molecular weight excluding hydrogens is 204 g/mol. The molecule has 2 aromatic rings. The molecule has 0 atom stereocenters. The number of aromatic nitrogens is 4. The predicted octanol–water partition coefficient (Wildman–Crippen LogP) is 0.878. The Bertz CT molecular complexity index is 436. The maximum Gasteiger partial charge on any atom is 0.226 e. The van der Waals surface area contributed by atoms with Gasteiger partial charge in [0.05, 0.1) is 6.20 Å². The first-order chi connectivity index (χ1) is 7.75. The minimum absolute atomic E-state index is 0.692. The molecule has 16 heavy (non-hydrogen) atoms. The Morgan fingerprint density at radius 3 is 3.00 bits per heavy atom. The van der Waals surface area contributed by atoms with Crippen molar-refractivity contribution in [2.45, 2.75) is 6.54 Å². The normalized spacial score (nSPS) is 10.1. The second kappa shape index (κ2) is 4.61. The molecule has 0 saturated heterocycles. The van der Waals surface area contributed by atoms with E-state index in [2.05, 4.69) is 25.5 Å². The van der Waals surface area contributed by atoms with E-state index in [-0.39, 0.29) is 0 Å². The summed E-state index contributed by atoms with van der Waals surface area (Å²) in [5, 5.41) is 9.84. The van der Waals surface area contributed by atoms with Crippen molar-refractivity contribution >= 4 is 11.8 Å². The van der Waals surface area contributed by atoms with Crippen molar-refractivity contribution in [2.75, 3.05) is 24.3 Å². The van der Waals surface area contributed by atoms with Gasteiger partial charge in [-0.05, 0) is 6.07 Å². The van der Waals surface area contributed by atoms with E-state index >= 15 is 0 Å². The zero-order chi connectivity index (χ0) is 11.4. The van der Waals surface area contributed by atoms with Crippen LogP contribution >= 0.6 is 0 Å². The predicted molar refractivity (Wildman–Crippen MR) is 62.3 cm³/mol. The summed E-state index contributed by atoms with van der Waals surface area (Å²) < 4.78 is 0. The lowest BCUT2D eigenvalue weighted by molar-refractivity contribution is 0.988. The first kappa shape index (κ1) is 10.4. The maximum absolute atomic E-state index is 4.34. The van der Waals surface area contributed by atoms with Gasteiger partial charge in [-0.25, -0.2) is 4.98 Å². The molecule has 0 aliphatic carbocycles. The van der Waals surface area contributed by atoms with Crippen LogP contribution in [0.5, 0.6) is 0 Å².